The summed E-state index contributed by atoms with van der Waals surface area (Å²) in [5.41, 5.74) is 1.83. The molecule has 98 valence electrons. The average molecular weight is 247 g/mol. The van der Waals surface area contributed by atoms with Crippen LogP contribution in [0.2, 0.25) is 0 Å². The van der Waals surface area contributed by atoms with Crippen molar-refractivity contribution in [3.63, 3.8) is 0 Å². The SMILES string of the molecule is C=C1C(NCc2nnn(C)n2)C[C@H]2C[C@@H]1C2(C)C. The van der Waals surface area contributed by atoms with E-state index in [-0.39, 0.29) is 0 Å². The molecule has 3 aliphatic rings. The first-order valence-corrected chi connectivity index (χ1v) is 6.63. The number of nitrogens with one attached hydrogen (secondary N) is 1. The fraction of sp³-hybridized carbons (Fsp3) is 0.769. The fourth-order valence-electron chi connectivity index (χ4n) is 3.55. The van der Waals surface area contributed by atoms with Crippen LogP contribution in [0.3, 0.4) is 0 Å². The van der Waals surface area contributed by atoms with Crippen molar-refractivity contribution in [2.24, 2.45) is 24.3 Å². The standard InChI is InChI=1S/C13H21N5/c1-8-10-5-9(13(10,2)3)6-11(8)14-7-12-15-17-18(4)16-12/h9-11,14H,1,5-7H2,2-4H3/t9-,10+,11?/m1/s1. The number of aromatic nitrogens is 4. The molecule has 1 aromatic rings. The van der Waals surface area contributed by atoms with Gasteiger partial charge in [0.15, 0.2) is 5.82 Å². The number of fused-ring (bicyclic) bond motifs is 2. The first kappa shape index (κ1) is 11.8. The van der Waals surface area contributed by atoms with E-state index in [0.717, 1.165) is 11.7 Å². The van der Waals surface area contributed by atoms with Gasteiger partial charge in [-0.15, -0.1) is 10.2 Å². The Labute approximate surface area is 108 Å². The molecule has 3 fully saturated rings. The van der Waals surface area contributed by atoms with Gasteiger partial charge in [0, 0.05) is 6.04 Å². The first-order valence-electron chi connectivity index (χ1n) is 6.63. The molecule has 0 radical (unpaired) electrons. The number of hydrogen-bond donors (Lipinski definition) is 1. The summed E-state index contributed by atoms with van der Waals surface area (Å²) >= 11 is 0. The molecular formula is C13H21N5. The number of rotatable bonds is 3. The van der Waals surface area contributed by atoms with Gasteiger partial charge in [-0.3, -0.25) is 0 Å². The Morgan fingerprint density at radius 2 is 2.22 bits per heavy atom. The predicted molar refractivity (Wildman–Crippen MR) is 68.6 cm³/mol. The van der Waals surface area contributed by atoms with Crippen LogP contribution in [-0.4, -0.2) is 26.2 Å². The molecule has 1 unspecified atom stereocenters. The molecule has 5 heteroatoms. The van der Waals surface area contributed by atoms with Gasteiger partial charge in [-0.1, -0.05) is 26.0 Å². The van der Waals surface area contributed by atoms with Gasteiger partial charge in [0.25, 0.3) is 0 Å². The van der Waals surface area contributed by atoms with Crippen molar-refractivity contribution in [1.82, 2.24) is 25.5 Å². The zero-order chi connectivity index (χ0) is 12.9. The van der Waals surface area contributed by atoms with Crippen LogP contribution in [0.4, 0.5) is 0 Å². The maximum Gasteiger partial charge on any atom is 0.188 e. The van der Waals surface area contributed by atoms with Crippen LogP contribution in [0, 0.1) is 17.3 Å². The lowest BCUT2D eigenvalue weighted by molar-refractivity contribution is -0.0386. The summed E-state index contributed by atoms with van der Waals surface area (Å²) in [6, 6.07) is 0.422. The van der Waals surface area contributed by atoms with Gasteiger partial charge >= 0.3 is 0 Å². The van der Waals surface area contributed by atoms with Gasteiger partial charge in [-0.25, -0.2) is 0 Å². The fourth-order valence-corrected chi connectivity index (χ4v) is 3.55. The van der Waals surface area contributed by atoms with Gasteiger partial charge in [0.1, 0.15) is 0 Å². The van der Waals surface area contributed by atoms with Crippen LogP contribution in [0.1, 0.15) is 32.5 Å². The Hall–Kier alpha value is -1.23. The molecule has 1 aromatic heterocycles. The average Bonchev–Trinajstić information content (AvgIpc) is 2.73. The topological polar surface area (TPSA) is 55.6 Å². The van der Waals surface area contributed by atoms with Crippen molar-refractivity contribution in [2.75, 3.05) is 0 Å². The highest BCUT2D eigenvalue weighted by Gasteiger charge is 2.54. The molecule has 3 saturated carbocycles. The number of aryl methyl sites for hydroxylation is 1. The molecule has 4 rings (SSSR count). The maximum atomic E-state index is 4.30. The lowest BCUT2D eigenvalue weighted by Gasteiger charge is -2.60. The summed E-state index contributed by atoms with van der Waals surface area (Å²) < 4.78 is 0. The van der Waals surface area contributed by atoms with E-state index in [1.165, 1.54) is 23.2 Å². The highest BCUT2D eigenvalue weighted by Crippen LogP contribution is 2.60. The first-order chi connectivity index (χ1) is 8.48. The molecule has 0 amide bonds. The van der Waals surface area contributed by atoms with E-state index in [4.69, 9.17) is 0 Å². The van der Waals surface area contributed by atoms with Crippen LogP contribution in [0.15, 0.2) is 12.2 Å². The Balaban J connectivity index is 1.61. The molecule has 1 heterocycles. The van der Waals surface area contributed by atoms with E-state index < -0.39 is 0 Å². The van der Waals surface area contributed by atoms with Crippen molar-refractivity contribution < 1.29 is 0 Å². The van der Waals surface area contributed by atoms with Crippen LogP contribution >= 0.6 is 0 Å². The van der Waals surface area contributed by atoms with E-state index in [1.54, 1.807) is 7.05 Å². The summed E-state index contributed by atoms with van der Waals surface area (Å²) in [4.78, 5) is 1.49. The second-order valence-electron chi connectivity index (χ2n) is 6.25. The predicted octanol–water partition coefficient (Wildman–Crippen LogP) is 1.29. The second kappa shape index (κ2) is 3.88. The van der Waals surface area contributed by atoms with Crippen molar-refractivity contribution >= 4 is 0 Å². The third-order valence-electron chi connectivity index (χ3n) is 4.94. The molecule has 2 bridgehead atoms. The monoisotopic (exact) mass is 247 g/mol. The minimum Gasteiger partial charge on any atom is -0.303 e. The van der Waals surface area contributed by atoms with Crippen LogP contribution < -0.4 is 5.32 Å². The van der Waals surface area contributed by atoms with E-state index >= 15 is 0 Å². The third kappa shape index (κ3) is 1.68. The molecule has 0 aliphatic heterocycles. The zero-order valence-electron chi connectivity index (χ0n) is 11.3. The Kier molecular flexibility index (Phi) is 2.55. The third-order valence-corrected chi connectivity index (χ3v) is 4.94. The lowest BCUT2D eigenvalue weighted by atomic mass is 9.46. The van der Waals surface area contributed by atoms with Crippen molar-refractivity contribution in [2.45, 2.75) is 39.3 Å². The molecule has 0 spiro atoms. The Morgan fingerprint density at radius 3 is 2.78 bits per heavy atom. The van der Waals surface area contributed by atoms with E-state index in [0.29, 0.717) is 23.9 Å². The zero-order valence-corrected chi connectivity index (χ0v) is 11.3. The highest BCUT2D eigenvalue weighted by atomic mass is 15.6. The summed E-state index contributed by atoms with van der Waals surface area (Å²) in [6.07, 6.45) is 2.52. The Bertz CT molecular complexity index is 475. The molecule has 18 heavy (non-hydrogen) atoms. The summed E-state index contributed by atoms with van der Waals surface area (Å²) in [5.74, 6) is 2.27. The van der Waals surface area contributed by atoms with Gasteiger partial charge in [-0.2, -0.15) is 4.80 Å². The van der Waals surface area contributed by atoms with Gasteiger partial charge in [-0.05, 0) is 35.3 Å². The van der Waals surface area contributed by atoms with Gasteiger partial charge < -0.3 is 5.32 Å². The van der Waals surface area contributed by atoms with E-state index in [1.807, 2.05) is 0 Å². The molecule has 3 atom stereocenters. The van der Waals surface area contributed by atoms with Gasteiger partial charge in [0.2, 0.25) is 0 Å². The number of tetrazole rings is 1. The molecular weight excluding hydrogens is 226 g/mol. The van der Waals surface area contributed by atoms with Crippen LogP contribution in [0.25, 0.3) is 0 Å². The minimum absolute atomic E-state index is 0.422. The van der Waals surface area contributed by atoms with E-state index in [9.17, 15) is 0 Å². The number of nitrogens with zero attached hydrogens (tertiary/aromatic N) is 4. The van der Waals surface area contributed by atoms with Crippen LogP contribution in [-0.2, 0) is 13.6 Å². The quantitative estimate of drug-likeness (QED) is 0.818. The molecule has 5 nitrogen and oxygen atoms in total. The largest absolute Gasteiger partial charge is 0.303 e. The summed E-state index contributed by atoms with van der Waals surface area (Å²) in [5, 5.41) is 15.5. The molecule has 0 aromatic carbocycles. The van der Waals surface area contributed by atoms with Gasteiger partial charge in [0.05, 0.1) is 13.6 Å². The molecule has 0 saturated heterocycles. The minimum atomic E-state index is 0.422. The summed E-state index contributed by atoms with van der Waals surface area (Å²) in [7, 11) is 1.79. The summed E-state index contributed by atoms with van der Waals surface area (Å²) in [6.45, 7) is 9.73. The van der Waals surface area contributed by atoms with Crippen LogP contribution in [0.5, 0.6) is 0 Å². The van der Waals surface area contributed by atoms with Crippen molar-refractivity contribution in [3.8, 4) is 0 Å². The Morgan fingerprint density at radius 1 is 1.44 bits per heavy atom. The van der Waals surface area contributed by atoms with Crippen molar-refractivity contribution in [1.29, 1.82) is 0 Å². The number of hydrogen-bond acceptors (Lipinski definition) is 4. The smallest absolute Gasteiger partial charge is 0.188 e. The maximum absolute atomic E-state index is 4.30. The lowest BCUT2D eigenvalue weighted by Crippen LogP contribution is -2.56. The van der Waals surface area contributed by atoms with E-state index in [2.05, 4.69) is 41.2 Å². The normalized spacial score (nSPS) is 33.3. The highest BCUT2D eigenvalue weighted by molar-refractivity contribution is 5.25. The molecule has 1 N–H and O–H groups in total. The molecule has 3 aliphatic carbocycles. The van der Waals surface area contributed by atoms with Crippen molar-refractivity contribution in [3.05, 3.63) is 18.0 Å². The second-order valence-corrected chi connectivity index (χ2v) is 6.25.